The highest BCUT2D eigenvalue weighted by Crippen LogP contribution is 2.22. The Hall–Kier alpha value is -1.27. The fraction of sp³-hybridized carbons (Fsp3) is 0. The van der Waals surface area contributed by atoms with Crippen molar-refractivity contribution in [2.75, 3.05) is 5.32 Å². The number of pyridine rings is 1. The minimum Gasteiger partial charge on any atom is -0.306 e. The summed E-state index contributed by atoms with van der Waals surface area (Å²) in [6, 6.07) is 7.99. The van der Waals surface area contributed by atoms with Crippen LogP contribution in [0.4, 0.5) is 10.2 Å². The summed E-state index contributed by atoms with van der Waals surface area (Å²) in [6.07, 6.45) is 1.54. The highest BCUT2D eigenvalue weighted by molar-refractivity contribution is 9.10. The minimum atomic E-state index is -0.595. The number of nitrogens with one attached hydrogen (secondary N) is 1. The first-order valence-electron chi connectivity index (χ1n) is 4.95. The second-order valence-electron chi connectivity index (χ2n) is 3.39. The van der Waals surface area contributed by atoms with Gasteiger partial charge in [-0.05, 0) is 56.1 Å². The molecule has 0 aliphatic carbocycles. The number of hydrogen-bond acceptors (Lipinski definition) is 2. The molecule has 1 heterocycles. The van der Waals surface area contributed by atoms with E-state index in [2.05, 4.69) is 42.2 Å². The summed E-state index contributed by atoms with van der Waals surface area (Å²) in [5.74, 6) is -0.794. The second kappa shape index (κ2) is 5.58. The van der Waals surface area contributed by atoms with Crippen LogP contribution in [0.15, 0.2) is 45.5 Å². The maximum Gasteiger partial charge on any atom is 0.259 e. The molecule has 3 nitrogen and oxygen atoms in total. The Balaban J connectivity index is 2.28. The van der Waals surface area contributed by atoms with Crippen LogP contribution in [-0.4, -0.2) is 10.9 Å². The molecule has 0 spiro atoms. The molecule has 0 atom stereocenters. The van der Waals surface area contributed by atoms with Gasteiger partial charge in [-0.15, -0.1) is 0 Å². The van der Waals surface area contributed by atoms with Crippen molar-refractivity contribution in [3.63, 3.8) is 0 Å². The topological polar surface area (TPSA) is 42.0 Å². The van der Waals surface area contributed by atoms with E-state index in [1.165, 1.54) is 18.3 Å². The molecule has 0 aliphatic heterocycles. The molecule has 0 fully saturated rings. The van der Waals surface area contributed by atoms with Crippen LogP contribution in [-0.2, 0) is 0 Å². The van der Waals surface area contributed by atoms with E-state index in [0.717, 1.165) is 0 Å². The van der Waals surface area contributed by atoms with E-state index in [4.69, 9.17) is 0 Å². The first kappa shape index (κ1) is 13.2. The van der Waals surface area contributed by atoms with Gasteiger partial charge in [-0.1, -0.05) is 6.07 Å². The molecule has 1 aromatic heterocycles. The van der Waals surface area contributed by atoms with Gasteiger partial charge < -0.3 is 5.32 Å². The lowest BCUT2D eigenvalue weighted by Crippen LogP contribution is -2.15. The Morgan fingerprint density at radius 1 is 1.17 bits per heavy atom. The van der Waals surface area contributed by atoms with Crippen molar-refractivity contribution >= 4 is 43.6 Å². The average molecular weight is 374 g/mol. The molecule has 0 radical (unpaired) electrons. The van der Waals surface area contributed by atoms with Gasteiger partial charge in [0.2, 0.25) is 0 Å². The zero-order valence-electron chi connectivity index (χ0n) is 8.95. The number of carbonyl (C=O) groups excluding carboxylic acids is 1. The SMILES string of the molecule is O=C(Nc1ncccc1Br)c1cccc(Br)c1F. The minimum absolute atomic E-state index is 0.0399. The predicted molar refractivity (Wildman–Crippen MR) is 74.0 cm³/mol. The zero-order valence-corrected chi connectivity index (χ0v) is 12.1. The quantitative estimate of drug-likeness (QED) is 0.864. The molecule has 0 unspecified atom stereocenters. The Kier molecular flexibility index (Phi) is 4.08. The smallest absolute Gasteiger partial charge is 0.259 e. The van der Waals surface area contributed by atoms with Crippen LogP contribution in [0, 0.1) is 5.82 Å². The van der Waals surface area contributed by atoms with Gasteiger partial charge in [-0.2, -0.15) is 0 Å². The molecular weight excluding hydrogens is 367 g/mol. The summed E-state index contributed by atoms with van der Waals surface area (Å²) in [5.41, 5.74) is -0.0399. The van der Waals surface area contributed by atoms with Gasteiger partial charge in [0.15, 0.2) is 0 Å². The van der Waals surface area contributed by atoms with Crippen LogP contribution in [0.25, 0.3) is 0 Å². The van der Waals surface area contributed by atoms with Crippen molar-refractivity contribution in [2.24, 2.45) is 0 Å². The number of halogens is 3. The third-order valence-electron chi connectivity index (χ3n) is 2.19. The van der Waals surface area contributed by atoms with E-state index >= 15 is 0 Å². The van der Waals surface area contributed by atoms with Gasteiger partial charge in [-0.3, -0.25) is 4.79 Å². The molecule has 6 heteroatoms. The normalized spacial score (nSPS) is 10.2. The molecular formula is C12H7Br2FN2O. The molecule has 2 aromatic rings. The lowest BCUT2D eigenvalue weighted by Gasteiger charge is -2.07. The Bertz CT molecular complexity index is 604. The highest BCUT2D eigenvalue weighted by atomic mass is 79.9. The summed E-state index contributed by atoms with van der Waals surface area (Å²) in [7, 11) is 0. The van der Waals surface area contributed by atoms with E-state index in [1.807, 2.05) is 0 Å². The Morgan fingerprint density at radius 3 is 2.61 bits per heavy atom. The molecule has 0 bridgehead atoms. The van der Waals surface area contributed by atoms with E-state index in [1.54, 1.807) is 18.2 Å². The number of amides is 1. The summed E-state index contributed by atoms with van der Waals surface area (Å²) < 4.78 is 14.6. The van der Waals surface area contributed by atoms with Crippen molar-refractivity contribution in [1.82, 2.24) is 4.98 Å². The van der Waals surface area contributed by atoms with Crippen LogP contribution in [0.3, 0.4) is 0 Å². The molecule has 0 aliphatic rings. The van der Waals surface area contributed by atoms with Gasteiger partial charge in [0.05, 0.1) is 14.5 Å². The van der Waals surface area contributed by atoms with Gasteiger partial charge in [0.1, 0.15) is 11.6 Å². The predicted octanol–water partition coefficient (Wildman–Crippen LogP) is 4.00. The largest absolute Gasteiger partial charge is 0.306 e. The maximum absolute atomic E-state index is 13.7. The molecule has 1 amide bonds. The van der Waals surface area contributed by atoms with Crippen LogP contribution in [0.5, 0.6) is 0 Å². The first-order chi connectivity index (χ1) is 8.59. The van der Waals surface area contributed by atoms with Crippen molar-refractivity contribution < 1.29 is 9.18 Å². The van der Waals surface area contributed by atoms with E-state index in [0.29, 0.717) is 10.3 Å². The highest BCUT2D eigenvalue weighted by Gasteiger charge is 2.15. The molecule has 92 valence electrons. The maximum atomic E-state index is 13.7. The number of hydrogen-bond donors (Lipinski definition) is 1. The lowest BCUT2D eigenvalue weighted by molar-refractivity contribution is 0.102. The summed E-state index contributed by atoms with van der Waals surface area (Å²) >= 11 is 6.28. The van der Waals surface area contributed by atoms with Gasteiger partial charge in [-0.25, -0.2) is 9.37 Å². The molecule has 2 rings (SSSR count). The number of nitrogens with zero attached hydrogens (tertiary/aromatic N) is 1. The number of benzene rings is 1. The standard InChI is InChI=1S/C12H7Br2FN2O/c13-8-4-1-3-7(10(8)15)12(18)17-11-9(14)5-2-6-16-11/h1-6H,(H,16,17,18). The van der Waals surface area contributed by atoms with Gasteiger partial charge in [0, 0.05) is 6.20 Å². The Morgan fingerprint density at radius 2 is 1.89 bits per heavy atom. The molecule has 1 N–H and O–H groups in total. The summed E-state index contributed by atoms with van der Waals surface area (Å²) in [6.45, 7) is 0. The van der Waals surface area contributed by atoms with E-state index in [9.17, 15) is 9.18 Å². The molecule has 1 aromatic carbocycles. The van der Waals surface area contributed by atoms with Crippen molar-refractivity contribution in [3.05, 3.63) is 56.9 Å². The second-order valence-corrected chi connectivity index (χ2v) is 5.10. The third kappa shape index (κ3) is 2.76. The number of aromatic nitrogens is 1. The van der Waals surface area contributed by atoms with Crippen LogP contribution >= 0.6 is 31.9 Å². The first-order valence-corrected chi connectivity index (χ1v) is 6.54. The van der Waals surface area contributed by atoms with E-state index < -0.39 is 11.7 Å². The van der Waals surface area contributed by atoms with Crippen molar-refractivity contribution in [3.8, 4) is 0 Å². The molecule has 18 heavy (non-hydrogen) atoms. The lowest BCUT2D eigenvalue weighted by atomic mass is 10.2. The molecule has 0 saturated heterocycles. The summed E-state index contributed by atoms with van der Waals surface area (Å²) in [4.78, 5) is 15.9. The van der Waals surface area contributed by atoms with Crippen molar-refractivity contribution in [1.29, 1.82) is 0 Å². The monoisotopic (exact) mass is 372 g/mol. The zero-order chi connectivity index (χ0) is 13.1. The third-order valence-corrected chi connectivity index (χ3v) is 3.44. The number of rotatable bonds is 2. The van der Waals surface area contributed by atoms with Crippen LogP contribution in [0.1, 0.15) is 10.4 Å². The van der Waals surface area contributed by atoms with Crippen LogP contribution < -0.4 is 5.32 Å². The molecule has 0 saturated carbocycles. The average Bonchev–Trinajstić information content (AvgIpc) is 2.35. The summed E-state index contributed by atoms with van der Waals surface area (Å²) in [5, 5.41) is 2.54. The van der Waals surface area contributed by atoms with Gasteiger partial charge >= 0.3 is 0 Å². The number of carbonyl (C=O) groups is 1. The van der Waals surface area contributed by atoms with Crippen LogP contribution in [0.2, 0.25) is 0 Å². The van der Waals surface area contributed by atoms with Crippen molar-refractivity contribution in [2.45, 2.75) is 0 Å². The van der Waals surface area contributed by atoms with E-state index in [-0.39, 0.29) is 10.0 Å². The fourth-order valence-corrected chi connectivity index (χ4v) is 2.05. The van der Waals surface area contributed by atoms with Gasteiger partial charge in [0.25, 0.3) is 5.91 Å². The number of anilines is 1. The fourth-order valence-electron chi connectivity index (χ4n) is 1.33. The Labute approximate surface area is 120 Å².